The number of rotatable bonds is 12. The van der Waals surface area contributed by atoms with Gasteiger partial charge in [0.05, 0.1) is 6.61 Å². The Balaban J connectivity index is 1.42. The Labute approximate surface area is 191 Å². The summed E-state index contributed by atoms with van der Waals surface area (Å²) in [5, 5.41) is 0. The van der Waals surface area contributed by atoms with Gasteiger partial charge in [0.15, 0.2) is 6.61 Å². The zero-order valence-electron chi connectivity index (χ0n) is 19.0. The summed E-state index contributed by atoms with van der Waals surface area (Å²) in [6, 6.07) is 24.9. The molecule has 0 saturated carbocycles. The third-order valence-corrected chi connectivity index (χ3v) is 5.40. The highest BCUT2D eigenvalue weighted by Gasteiger charge is 2.09. The highest BCUT2D eigenvalue weighted by atomic mass is 16.6. The Kier molecular flexibility index (Phi) is 9.18. The van der Waals surface area contributed by atoms with E-state index in [0.29, 0.717) is 17.4 Å². The summed E-state index contributed by atoms with van der Waals surface area (Å²) >= 11 is 0. The lowest BCUT2D eigenvalue weighted by Gasteiger charge is -2.15. The van der Waals surface area contributed by atoms with Gasteiger partial charge < -0.3 is 14.2 Å². The molecule has 32 heavy (non-hydrogen) atoms. The van der Waals surface area contributed by atoms with E-state index in [1.54, 1.807) is 12.1 Å². The van der Waals surface area contributed by atoms with Crippen molar-refractivity contribution >= 4 is 5.97 Å². The molecule has 0 saturated heterocycles. The summed E-state index contributed by atoms with van der Waals surface area (Å²) in [6.45, 7) is 4.99. The van der Waals surface area contributed by atoms with Crippen molar-refractivity contribution in [3.05, 3.63) is 78.9 Å². The summed E-state index contributed by atoms with van der Waals surface area (Å²) < 4.78 is 16.8. The van der Waals surface area contributed by atoms with E-state index in [1.807, 2.05) is 66.7 Å². The van der Waals surface area contributed by atoms with E-state index in [4.69, 9.17) is 14.2 Å². The van der Waals surface area contributed by atoms with Crippen LogP contribution in [-0.2, 0) is 4.79 Å². The maximum Gasteiger partial charge on any atom is 0.349 e. The molecule has 0 aliphatic heterocycles. The van der Waals surface area contributed by atoms with Crippen molar-refractivity contribution in [2.45, 2.75) is 39.5 Å². The van der Waals surface area contributed by atoms with E-state index in [-0.39, 0.29) is 6.61 Å². The molecular weight excluding hydrogens is 400 g/mol. The van der Waals surface area contributed by atoms with Gasteiger partial charge in [0, 0.05) is 0 Å². The molecule has 3 aromatic rings. The second-order valence-corrected chi connectivity index (χ2v) is 7.85. The largest absolute Gasteiger partial charge is 0.493 e. The average molecular weight is 433 g/mol. The number of hydrogen-bond acceptors (Lipinski definition) is 4. The van der Waals surface area contributed by atoms with Gasteiger partial charge in [-0.05, 0) is 59.9 Å². The van der Waals surface area contributed by atoms with Crippen molar-refractivity contribution in [2.75, 3.05) is 13.2 Å². The zero-order valence-corrected chi connectivity index (χ0v) is 19.0. The molecule has 0 radical (unpaired) electrons. The van der Waals surface area contributed by atoms with Gasteiger partial charge in [-0.2, -0.15) is 0 Å². The van der Waals surface area contributed by atoms with Crippen LogP contribution in [0.3, 0.4) is 0 Å². The number of carbonyl (C=O) groups is 1. The van der Waals surface area contributed by atoms with Crippen molar-refractivity contribution in [3.8, 4) is 28.4 Å². The first kappa shape index (κ1) is 23.4. The molecule has 1 atom stereocenters. The molecule has 0 amide bonds. The standard InChI is InChI=1S/C28H32O4/c1-3-5-9-22(4-2)20-30-25-16-18-26(19-17-25)31-21-28(29)32-27-14-12-24(13-15-27)23-10-7-6-8-11-23/h6-8,10-19,22H,3-5,9,20-21H2,1-2H3. The van der Waals surface area contributed by atoms with Crippen molar-refractivity contribution in [3.63, 3.8) is 0 Å². The first-order chi connectivity index (χ1) is 15.7. The highest BCUT2D eigenvalue weighted by molar-refractivity contribution is 5.74. The van der Waals surface area contributed by atoms with Crippen LogP contribution in [0, 0.1) is 5.92 Å². The minimum absolute atomic E-state index is 0.157. The number of hydrogen-bond donors (Lipinski definition) is 0. The van der Waals surface area contributed by atoms with Crippen molar-refractivity contribution in [1.82, 2.24) is 0 Å². The van der Waals surface area contributed by atoms with Crippen LogP contribution in [-0.4, -0.2) is 19.2 Å². The predicted molar refractivity (Wildman–Crippen MR) is 128 cm³/mol. The molecule has 0 spiro atoms. The molecule has 0 aliphatic carbocycles. The Bertz CT molecular complexity index is 933. The van der Waals surface area contributed by atoms with Crippen LogP contribution in [0.25, 0.3) is 11.1 Å². The fourth-order valence-electron chi connectivity index (χ4n) is 3.39. The number of esters is 1. The topological polar surface area (TPSA) is 44.8 Å². The zero-order chi connectivity index (χ0) is 22.6. The van der Waals surface area contributed by atoms with E-state index < -0.39 is 5.97 Å². The van der Waals surface area contributed by atoms with Gasteiger partial charge >= 0.3 is 5.97 Å². The minimum Gasteiger partial charge on any atom is -0.493 e. The molecule has 1 unspecified atom stereocenters. The summed E-state index contributed by atoms with van der Waals surface area (Å²) in [7, 11) is 0. The molecule has 0 aliphatic rings. The summed E-state index contributed by atoms with van der Waals surface area (Å²) in [6.07, 6.45) is 4.77. The van der Waals surface area contributed by atoms with Crippen LogP contribution in [0.4, 0.5) is 0 Å². The highest BCUT2D eigenvalue weighted by Crippen LogP contribution is 2.23. The van der Waals surface area contributed by atoms with Crippen LogP contribution < -0.4 is 14.2 Å². The van der Waals surface area contributed by atoms with Crippen molar-refractivity contribution in [1.29, 1.82) is 0 Å². The van der Waals surface area contributed by atoms with Gasteiger partial charge in [-0.1, -0.05) is 75.6 Å². The van der Waals surface area contributed by atoms with Crippen LogP contribution in [0.2, 0.25) is 0 Å². The molecule has 4 nitrogen and oxygen atoms in total. The fraction of sp³-hybridized carbons (Fsp3) is 0.321. The van der Waals surface area contributed by atoms with E-state index in [1.165, 1.54) is 19.3 Å². The smallest absolute Gasteiger partial charge is 0.349 e. The normalized spacial score (nSPS) is 11.6. The Morgan fingerprint density at radius 3 is 1.97 bits per heavy atom. The van der Waals surface area contributed by atoms with E-state index in [9.17, 15) is 4.79 Å². The first-order valence-electron chi connectivity index (χ1n) is 11.4. The quantitative estimate of drug-likeness (QED) is 0.230. The van der Waals surface area contributed by atoms with Gasteiger partial charge in [-0.3, -0.25) is 0 Å². The summed E-state index contributed by atoms with van der Waals surface area (Å²) in [5.74, 6) is 2.05. The first-order valence-corrected chi connectivity index (χ1v) is 11.4. The average Bonchev–Trinajstić information content (AvgIpc) is 2.84. The van der Waals surface area contributed by atoms with Gasteiger partial charge in [-0.15, -0.1) is 0 Å². The van der Waals surface area contributed by atoms with E-state index >= 15 is 0 Å². The summed E-state index contributed by atoms with van der Waals surface area (Å²) in [4.78, 5) is 12.1. The van der Waals surface area contributed by atoms with Crippen molar-refractivity contribution < 1.29 is 19.0 Å². The van der Waals surface area contributed by atoms with Crippen molar-refractivity contribution in [2.24, 2.45) is 5.92 Å². The molecule has 0 fully saturated rings. The third kappa shape index (κ3) is 7.45. The number of ether oxygens (including phenoxy) is 3. The lowest BCUT2D eigenvalue weighted by Crippen LogP contribution is -2.17. The monoisotopic (exact) mass is 432 g/mol. The Hall–Kier alpha value is -3.27. The van der Waals surface area contributed by atoms with Gasteiger partial charge in [0.25, 0.3) is 0 Å². The van der Waals surface area contributed by atoms with Crippen LogP contribution in [0.1, 0.15) is 39.5 Å². The molecule has 3 rings (SSSR count). The van der Waals surface area contributed by atoms with Crippen LogP contribution >= 0.6 is 0 Å². The van der Waals surface area contributed by atoms with Crippen LogP contribution in [0.15, 0.2) is 78.9 Å². The maximum atomic E-state index is 12.1. The molecule has 0 heterocycles. The van der Waals surface area contributed by atoms with Gasteiger partial charge in [-0.25, -0.2) is 4.79 Å². The number of carbonyl (C=O) groups excluding carboxylic acids is 1. The lowest BCUT2D eigenvalue weighted by molar-refractivity contribution is -0.136. The molecule has 168 valence electrons. The SMILES string of the molecule is CCCCC(CC)COc1ccc(OCC(=O)Oc2ccc(-c3ccccc3)cc2)cc1. The molecule has 0 aromatic heterocycles. The Morgan fingerprint density at radius 2 is 1.34 bits per heavy atom. The van der Waals surface area contributed by atoms with E-state index in [0.717, 1.165) is 29.9 Å². The van der Waals surface area contributed by atoms with Crippen LogP contribution in [0.5, 0.6) is 17.2 Å². The molecule has 3 aromatic carbocycles. The van der Waals surface area contributed by atoms with Gasteiger partial charge in [0.1, 0.15) is 17.2 Å². The number of unbranched alkanes of at least 4 members (excludes halogenated alkanes) is 1. The molecule has 4 heteroatoms. The lowest BCUT2D eigenvalue weighted by atomic mass is 10.0. The second-order valence-electron chi connectivity index (χ2n) is 7.85. The fourth-order valence-corrected chi connectivity index (χ4v) is 3.39. The molecule has 0 N–H and O–H groups in total. The molecular formula is C28H32O4. The minimum atomic E-state index is -0.445. The Morgan fingerprint density at radius 1 is 0.750 bits per heavy atom. The van der Waals surface area contributed by atoms with Gasteiger partial charge in [0.2, 0.25) is 0 Å². The summed E-state index contributed by atoms with van der Waals surface area (Å²) in [5.41, 5.74) is 2.19. The predicted octanol–water partition coefficient (Wildman–Crippen LogP) is 6.93. The number of benzene rings is 3. The maximum absolute atomic E-state index is 12.1. The third-order valence-electron chi connectivity index (χ3n) is 5.40. The van der Waals surface area contributed by atoms with E-state index in [2.05, 4.69) is 13.8 Å². The molecule has 0 bridgehead atoms. The second kappa shape index (κ2) is 12.6.